The maximum absolute atomic E-state index is 13.1. The Balaban J connectivity index is 1.83. The van der Waals surface area contributed by atoms with E-state index in [1.165, 1.54) is 36.4 Å². The van der Waals surface area contributed by atoms with Crippen molar-refractivity contribution in [1.82, 2.24) is 0 Å². The lowest BCUT2D eigenvalue weighted by atomic mass is 10.0. The van der Waals surface area contributed by atoms with Crippen molar-refractivity contribution < 1.29 is 31.1 Å². The van der Waals surface area contributed by atoms with Gasteiger partial charge in [0.25, 0.3) is 0 Å². The Kier molecular flexibility index (Phi) is 7.64. The number of halogens is 10. The zero-order valence-corrected chi connectivity index (χ0v) is 21.1. The predicted molar refractivity (Wildman–Crippen MR) is 134 cm³/mol. The highest BCUT2D eigenvalue weighted by molar-refractivity contribution is 6.37. The molecule has 4 rings (SSSR count). The van der Waals surface area contributed by atoms with Gasteiger partial charge in [-0.1, -0.05) is 70.7 Å². The number of rotatable bonds is 4. The normalized spacial score (nSPS) is 12.1. The molecule has 0 bridgehead atoms. The number of alkyl halides is 6. The van der Waals surface area contributed by atoms with Crippen molar-refractivity contribution in [2.45, 2.75) is 12.4 Å². The van der Waals surface area contributed by atoms with Gasteiger partial charge in [0.05, 0.1) is 21.2 Å². The van der Waals surface area contributed by atoms with Crippen molar-refractivity contribution in [3.63, 3.8) is 0 Å². The van der Waals surface area contributed by atoms with Crippen LogP contribution in [0.15, 0.2) is 72.8 Å². The van der Waals surface area contributed by atoms with Crippen molar-refractivity contribution >= 4 is 46.4 Å². The quantitative estimate of drug-likeness (QED) is 0.213. The summed E-state index contributed by atoms with van der Waals surface area (Å²) in [4.78, 5) is 0. The number of hydrogen-bond donors (Lipinski definition) is 0. The van der Waals surface area contributed by atoms with Gasteiger partial charge in [0.2, 0.25) is 0 Å². The molecule has 0 N–H and O–H groups in total. The Morgan fingerprint density at radius 3 is 1.19 bits per heavy atom. The van der Waals surface area contributed by atoms with Crippen LogP contribution >= 0.6 is 46.4 Å². The van der Waals surface area contributed by atoms with Crippen LogP contribution in [-0.4, -0.2) is 0 Å². The summed E-state index contributed by atoms with van der Waals surface area (Å²) in [6, 6.07) is 14.7. The number of ether oxygens (including phenoxy) is 1. The molecule has 0 aliphatic heterocycles. The Hall–Kier alpha value is -2.58. The van der Waals surface area contributed by atoms with Crippen LogP contribution < -0.4 is 4.74 Å². The lowest BCUT2D eigenvalue weighted by Gasteiger charge is -2.18. The molecule has 0 saturated carbocycles. The summed E-state index contributed by atoms with van der Waals surface area (Å²) in [7, 11) is 0. The fourth-order valence-corrected chi connectivity index (χ4v) is 4.69. The third-order valence-corrected chi connectivity index (χ3v) is 6.56. The molecule has 0 aromatic heterocycles. The van der Waals surface area contributed by atoms with Crippen LogP contribution in [0.4, 0.5) is 26.3 Å². The molecule has 11 heteroatoms. The highest BCUT2D eigenvalue weighted by Gasteiger charge is 2.32. The van der Waals surface area contributed by atoms with Gasteiger partial charge in [-0.2, -0.15) is 26.3 Å². The molecule has 0 fully saturated rings. The summed E-state index contributed by atoms with van der Waals surface area (Å²) in [6.45, 7) is 0. The van der Waals surface area contributed by atoms with E-state index in [-0.39, 0.29) is 53.8 Å². The average molecular weight is 596 g/mol. The van der Waals surface area contributed by atoms with Crippen molar-refractivity contribution in [3.8, 4) is 33.8 Å². The fraction of sp³-hybridized carbons (Fsp3) is 0.0769. The molecule has 0 aliphatic rings. The molecule has 0 unspecified atom stereocenters. The molecule has 4 aromatic carbocycles. The summed E-state index contributed by atoms with van der Waals surface area (Å²) in [5.41, 5.74) is -1.13. The molecular weight excluding hydrogens is 584 g/mol. The van der Waals surface area contributed by atoms with Gasteiger partial charge >= 0.3 is 12.4 Å². The smallest absolute Gasteiger partial charge is 0.416 e. The van der Waals surface area contributed by atoms with Crippen molar-refractivity contribution in [3.05, 3.63) is 104 Å². The lowest BCUT2D eigenvalue weighted by Crippen LogP contribution is -2.05. The molecule has 0 spiro atoms. The predicted octanol–water partition coefficient (Wildman–Crippen LogP) is 11.5. The van der Waals surface area contributed by atoms with Crippen LogP contribution in [-0.2, 0) is 12.4 Å². The first kappa shape index (κ1) is 27.5. The maximum Gasteiger partial charge on any atom is 0.416 e. The molecule has 0 aliphatic carbocycles. The fourth-order valence-electron chi connectivity index (χ4n) is 3.61. The first-order chi connectivity index (χ1) is 17.3. The van der Waals surface area contributed by atoms with E-state index in [4.69, 9.17) is 51.1 Å². The molecular formula is C26H12Cl4F6O. The molecule has 0 atom stereocenters. The van der Waals surface area contributed by atoms with Gasteiger partial charge in [-0.15, -0.1) is 0 Å². The van der Waals surface area contributed by atoms with Gasteiger partial charge in [0.1, 0.15) is 11.5 Å². The highest BCUT2D eigenvalue weighted by Crippen LogP contribution is 2.47. The Morgan fingerprint density at radius 2 is 0.865 bits per heavy atom. The first-order valence-electron chi connectivity index (χ1n) is 10.3. The van der Waals surface area contributed by atoms with Gasteiger partial charge in [0, 0.05) is 32.3 Å². The number of benzene rings is 4. The summed E-state index contributed by atoms with van der Waals surface area (Å²) in [6.07, 6.45) is -9.20. The topological polar surface area (TPSA) is 9.23 Å². The second-order valence-corrected chi connectivity index (χ2v) is 9.34. The summed E-state index contributed by atoms with van der Waals surface area (Å²) >= 11 is 25.2. The summed E-state index contributed by atoms with van der Waals surface area (Å²) in [5.74, 6) is 0.224. The molecule has 0 amide bonds. The molecule has 1 nitrogen and oxygen atoms in total. The highest BCUT2D eigenvalue weighted by atomic mass is 35.5. The third kappa shape index (κ3) is 5.80. The van der Waals surface area contributed by atoms with E-state index >= 15 is 0 Å². The molecule has 0 radical (unpaired) electrons. The standard InChI is InChI=1S/C26H12Cl4F6O/c27-17-3-1-5-21(23(17)15-9-7-13(11-19(15)29)25(31,32)33)37-22-6-2-4-18(28)24(22)16-10-8-14(12-20(16)30)26(34,35)36/h1-12H. The summed E-state index contributed by atoms with van der Waals surface area (Å²) in [5, 5.41) is -0.166. The van der Waals surface area contributed by atoms with E-state index in [0.717, 1.165) is 24.3 Å². The van der Waals surface area contributed by atoms with E-state index in [0.29, 0.717) is 0 Å². The first-order valence-corrected chi connectivity index (χ1v) is 11.8. The average Bonchev–Trinajstić information content (AvgIpc) is 2.79. The minimum atomic E-state index is -4.60. The largest absolute Gasteiger partial charge is 0.456 e. The minimum Gasteiger partial charge on any atom is -0.456 e. The van der Waals surface area contributed by atoms with Crippen LogP contribution in [0.2, 0.25) is 20.1 Å². The van der Waals surface area contributed by atoms with E-state index in [1.54, 1.807) is 12.1 Å². The Bertz CT molecular complexity index is 1370. The van der Waals surface area contributed by atoms with Gasteiger partial charge in [-0.25, -0.2) is 0 Å². The molecule has 192 valence electrons. The van der Waals surface area contributed by atoms with Crippen molar-refractivity contribution in [1.29, 1.82) is 0 Å². The van der Waals surface area contributed by atoms with Crippen LogP contribution in [0.25, 0.3) is 22.3 Å². The molecule has 0 heterocycles. The Labute approximate surface area is 227 Å². The maximum atomic E-state index is 13.1. The van der Waals surface area contributed by atoms with E-state index < -0.39 is 23.5 Å². The van der Waals surface area contributed by atoms with E-state index in [2.05, 4.69) is 0 Å². The molecule has 4 aromatic rings. The molecule has 0 saturated heterocycles. The van der Waals surface area contributed by atoms with Gasteiger partial charge < -0.3 is 4.74 Å². The summed E-state index contributed by atoms with van der Waals surface area (Å²) < 4.78 is 84.8. The van der Waals surface area contributed by atoms with Gasteiger partial charge in [0.15, 0.2) is 0 Å². The second-order valence-electron chi connectivity index (χ2n) is 7.71. The third-order valence-electron chi connectivity index (χ3n) is 5.30. The van der Waals surface area contributed by atoms with Crippen LogP contribution in [0.3, 0.4) is 0 Å². The SMILES string of the molecule is FC(F)(F)c1ccc(-c2c(Cl)cccc2Oc2cccc(Cl)c2-c2ccc(C(F)(F)F)cc2Cl)c(Cl)c1. The minimum absolute atomic E-state index is 0.112. The monoisotopic (exact) mass is 594 g/mol. The zero-order chi connectivity index (χ0) is 27.1. The van der Waals surface area contributed by atoms with Crippen LogP contribution in [0, 0.1) is 0 Å². The van der Waals surface area contributed by atoms with Crippen LogP contribution in [0.1, 0.15) is 11.1 Å². The zero-order valence-electron chi connectivity index (χ0n) is 18.1. The van der Waals surface area contributed by atoms with Crippen molar-refractivity contribution in [2.24, 2.45) is 0 Å². The molecule has 37 heavy (non-hydrogen) atoms. The van der Waals surface area contributed by atoms with Gasteiger partial charge in [-0.05, 0) is 48.5 Å². The number of hydrogen-bond acceptors (Lipinski definition) is 1. The van der Waals surface area contributed by atoms with Crippen LogP contribution in [0.5, 0.6) is 11.5 Å². The van der Waals surface area contributed by atoms with E-state index in [9.17, 15) is 26.3 Å². The second kappa shape index (κ2) is 10.3. The Morgan fingerprint density at radius 1 is 0.486 bits per heavy atom. The van der Waals surface area contributed by atoms with Gasteiger partial charge in [-0.3, -0.25) is 0 Å². The lowest BCUT2D eigenvalue weighted by molar-refractivity contribution is -0.138. The van der Waals surface area contributed by atoms with Crippen molar-refractivity contribution in [2.75, 3.05) is 0 Å². The van der Waals surface area contributed by atoms with E-state index in [1.807, 2.05) is 0 Å².